The number of aliphatic hydroxyl groups is 4. The fourth-order valence-electron chi connectivity index (χ4n) is 9.44. The average molecular weight is 1180 g/mol. The zero-order valence-electron chi connectivity index (χ0n) is 56.8. The Balaban J connectivity index is 1.95. The van der Waals surface area contributed by atoms with Crippen LogP contribution in [-0.2, 0) is 107 Å². The second kappa shape index (κ2) is 25.7. The normalized spacial score (nSPS) is 15.5. The fraction of sp³-hybridized carbons (Fsp3) is 0.616. The molecule has 85 heavy (non-hydrogen) atoms. The van der Waals surface area contributed by atoms with Gasteiger partial charge in [-0.15, -0.1) is 0 Å². The van der Waals surface area contributed by atoms with Gasteiger partial charge in [0, 0.05) is 25.7 Å². The minimum atomic E-state index is -3.29. The van der Waals surface area contributed by atoms with Crippen molar-refractivity contribution in [3.63, 3.8) is 0 Å². The molecule has 0 amide bonds. The van der Waals surface area contributed by atoms with E-state index in [9.17, 15) is 39.6 Å². The van der Waals surface area contributed by atoms with Gasteiger partial charge in [0.05, 0.1) is 0 Å². The Kier molecular flexibility index (Phi) is 21.8. The lowest BCUT2D eigenvalue weighted by Crippen LogP contribution is -2.60. The number of carbonyl (C=O) groups is 4. The highest BCUT2D eigenvalue weighted by Crippen LogP contribution is 2.41. The highest BCUT2D eigenvalue weighted by Gasteiger charge is 2.60. The highest BCUT2D eigenvalue weighted by molar-refractivity contribution is 5.80. The van der Waals surface area contributed by atoms with Gasteiger partial charge in [0.25, 0.3) is 0 Å². The van der Waals surface area contributed by atoms with E-state index in [1.54, 1.807) is 0 Å². The van der Waals surface area contributed by atoms with Gasteiger partial charge in [-0.25, -0.2) is 19.2 Å². The molecule has 0 spiro atoms. The maximum Gasteiger partial charge on any atom is 0.432 e. The van der Waals surface area contributed by atoms with Crippen LogP contribution in [0.25, 0.3) is 0 Å². The highest BCUT2D eigenvalue weighted by atomic mass is 16.9. The van der Waals surface area contributed by atoms with Crippen LogP contribution in [-0.4, -0.2) is 81.3 Å². The Hall–Kier alpha value is -5.40. The van der Waals surface area contributed by atoms with Crippen molar-refractivity contribution in [2.75, 3.05) is 6.61 Å². The van der Waals surface area contributed by atoms with Crippen LogP contribution >= 0.6 is 0 Å². The molecule has 0 heterocycles. The van der Waals surface area contributed by atoms with Crippen LogP contribution in [0.15, 0.2) is 72.8 Å². The van der Waals surface area contributed by atoms with Gasteiger partial charge in [0.2, 0.25) is 0 Å². The lowest BCUT2D eigenvalue weighted by Gasteiger charge is -2.42. The molecule has 4 atom stereocenters. The first-order valence-corrected chi connectivity index (χ1v) is 30.3. The predicted molar refractivity (Wildman–Crippen MR) is 340 cm³/mol. The lowest BCUT2D eigenvalue weighted by molar-refractivity contribution is -0.382. The van der Waals surface area contributed by atoms with Gasteiger partial charge >= 0.3 is 29.9 Å². The summed E-state index contributed by atoms with van der Waals surface area (Å²) in [6, 6.07) is 23.6. The molecule has 4 aromatic carbocycles. The van der Waals surface area contributed by atoms with Crippen LogP contribution in [0.2, 0.25) is 0 Å². The number of benzene rings is 4. The summed E-state index contributed by atoms with van der Waals surface area (Å²) in [6.07, 6.45) is -8.72. The number of carbonyl (C=O) groups excluding carboxylic acids is 4. The first kappa shape index (κ1) is 72.1. The van der Waals surface area contributed by atoms with Gasteiger partial charge in [-0.2, -0.15) is 0 Å². The van der Waals surface area contributed by atoms with Crippen LogP contribution in [0.1, 0.15) is 247 Å². The summed E-state index contributed by atoms with van der Waals surface area (Å²) in [5.74, 6) is -8.60. The lowest BCUT2D eigenvalue weighted by atomic mass is 9.79. The predicted octanol–water partition coefficient (Wildman–Crippen LogP) is 13.6. The molecular formula is C73H108O12. The Morgan fingerprint density at radius 3 is 0.624 bits per heavy atom. The van der Waals surface area contributed by atoms with E-state index in [1.807, 2.05) is 48.5 Å². The van der Waals surface area contributed by atoms with E-state index >= 15 is 0 Å². The zero-order chi connectivity index (χ0) is 65.4. The maximum absolute atomic E-state index is 14.9. The summed E-state index contributed by atoms with van der Waals surface area (Å²) in [5.41, 5.74) is 5.49. The monoisotopic (exact) mass is 1180 g/mol. The van der Waals surface area contributed by atoms with E-state index in [0.717, 1.165) is 44.5 Å². The molecule has 0 radical (unpaired) electrons. The standard InChI is InChI=1S/C73H108O12/c1-64(2,3)48-27-44(28-49(39-48)65(4,5)6)35-56(74)60(78)82-43-72(25,26)73(83-61(79)57(75)36-45-29-50(66(7,8)9)40-51(30-45)67(10,11)12,84-62(80)58(76)37-46-31-52(68(13,14)15)41-53(32-46)69(16,17)18)85-63(81)59(77)38-47-33-54(70(19,20)21)42-55(34-47)71(22,23)24/h27-34,39-42,56-59,74-77H,35-38,43H2,1-26H3. The molecule has 0 aliphatic carbocycles. The number of esters is 4. The topological polar surface area (TPSA) is 186 Å². The molecular weight excluding hydrogens is 1070 g/mol. The van der Waals surface area contributed by atoms with Gasteiger partial charge in [-0.3, -0.25) is 0 Å². The van der Waals surface area contributed by atoms with E-state index in [1.165, 1.54) is 13.8 Å². The number of hydrogen-bond donors (Lipinski definition) is 4. The van der Waals surface area contributed by atoms with Crippen LogP contribution in [0.3, 0.4) is 0 Å². The SMILES string of the molecule is CC(C)(C)c1cc(CC(O)C(=O)OCC(C)(C)C(OC(=O)C(O)Cc2cc(C(C)(C)C)cc(C(C)(C)C)c2)(OC(=O)C(O)Cc2cc(C(C)(C)C)cc(C(C)(C)C)c2)OC(=O)C(O)Cc2cc(C(C)(C)C)cc(C(C)(C)C)c2)cc(C(C)(C)C)c1. The summed E-state index contributed by atoms with van der Waals surface area (Å²) in [6.45, 7) is 51.3. The molecule has 4 N–H and O–H groups in total. The molecule has 472 valence electrons. The van der Waals surface area contributed by atoms with Crippen LogP contribution in [0.4, 0.5) is 0 Å². The van der Waals surface area contributed by atoms with Gasteiger partial charge in [-0.05, 0) is 124 Å². The molecule has 0 aliphatic rings. The van der Waals surface area contributed by atoms with E-state index in [0.29, 0.717) is 22.3 Å². The van der Waals surface area contributed by atoms with E-state index in [2.05, 4.69) is 190 Å². The first-order chi connectivity index (χ1) is 38.1. The molecule has 0 saturated carbocycles. The molecule has 4 rings (SSSR count). The average Bonchev–Trinajstić information content (AvgIpc) is 2.43. The Morgan fingerprint density at radius 2 is 0.459 bits per heavy atom. The summed E-state index contributed by atoms with van der Waals surface area (Å²) >= 11 is 0. The summed E-state index contributed by atoms with van der Waals surface area (Å²) in [7, 11) is 0. The van der Waals surface area contributed by atoms with Crippen LogP contribution < -0.4 is 0 Å². The first-order valence-electron chi connectivity index (χ1n) is 30.3. The molecule has 12 nitrogen and oxygen atoms in total. The maximum atomic E-state index is 14.9. The number of hydrogen-bond acceptors (Lipinski definition) is 12. The Labute approximate surface area is 511 Å². The molecule has 0 saturated heterocycles. The third kappa shape index (κ3) is 19.8. The smallest absolute Gasteiger partial charge is 0.432 e. The van der Waals surface area contributed by atoms with Crippen LogP contribution in [0, 0.1) is 5.41 Å². The molecule has 4 unspecified atom stereocenters. The largest absolute Gasteiger partial charge is 0.463 e. The molecule has 0 bridgehead atoms. The van der Waals surface area contributed by atoms with E-state index < -0.39 is 66.3 Å². The second-order valence-electron chi connectivity index (χ2n) is 32.9. The second-order valence-corrected chi connectivity index (χ2v) is 32.9. The molecule has 12 heteroatoms. The van der Waals surface area contributed by atoms with Gasteiger partial charge in [-0.1, -0.05) is 239 Å². The van der Waals surface area contributed by atoms with Gasteiger partial charge in [0.1, 0.15) is 12.0 Å². The third-order valence-electron chi connectivity index (χ3n) is 15.8. The van der Waals surface area contributed by atoms with Gasteiger partial charge in [0.15, 0.2) is 24.4 Å². The summed E-state index contributed by atoms with van der Waals surface area (Å²) < 4.78 is 24.3. The van der Waals surface area contributed by atoms with Gasteiger partial charge < -0.3 is 39.4 Å². The Morgan fingerprint density at radius 1 is 0.294 bits per heavy atom. The quantitative estimate of drug-likeness (QED) is 0.0546. The van der Waals surface area contributed by atoms with Crippen molar-refractivity contribution in [3.8, 4) is 0 Å². The van der Waals surface area contributed by atoms with Crippen molar-refractivity contribution in [2.24, 2.45) is 5.41 Å². The van der Waals surface area contributed by atoms with E-state index in [4.69, 9.17) is 18.9 Å². The molecule has 4 aromatic rings. The van der Waals surface area contributed by atoms with Crippen LogP contribution in [0.5, 0.6) is 0 Å². The van der Waals surface area contributed by atoms with Crippen molar-refractivity contribution < 1.29 is 58.6 Å². The molecule has 0 fully saturated rings. The van der Waals surface area contributed by atoms with Crippen molar-refractivity contribution in [1.29, 1.82) is 0 Å². The minimum absolute atomic E-state index is 0.144. The zero-order valence-corrected chi connectivity index (χ0v) is 56.8. The fourth-order valence-corrected chi connectivity index (χ4v) is 9.44. The summed E-state index contributed by atoms with van der Waals surface area (Å²) in [5, 5.41) is 47.7. The van der Waals surface area contributed by atoms with Crippen molar-refractivity contribution in [3.05, 3.63) is 140 Å². The van der Waals surface area contributed by atoms with E-state index in [-0.39, 0.29) is 69.0 Å². The van der Waals surface area contributed by atoms with Crippen molar-refractivity contribution in [1.82, 2.24) is 0 Å². The van der Waals surface area contributed by atoms with Crippen molar-refractivity contribution >= 4 is 23.9 Å². The number of ether oxygens (including phenoxy) is 4. The third-order valence-corrected chi connectivity index (χ3v) is 15.8. The summed E-state index contributed by atoms with van der Waals surface area (Å²) in [4.78, 5) is 58.9. The Bertz CT molecular complexity index is 2650. The number of rotatable bonds is 18. The molecule has 0 aromatic heterocycles. The number of aliphatic hydroxyl groups excluding tert-OH is 4. The minimum Gasteiger partial charge on any atom is -0.463 e. The van der Waals surface area contributed by atoms with Crippen molar-refractivity contribution in [2.45, 2.75) is 279 Å². The molecule has 0 aliphatic heterocycles.